The van der Waals surface area contributed by atoms with Crippen molar-refractivity contribution < 1.29 is 4.74 Å². The SMILES string of the molecule is Cc1cc(C)n2c3c(nc2c1)C(C)OC(C)C3. The minimum Gasteiger partial charge on any atom is -0.369 e. The van der Waals surface area contributed by atoms with Crippen LogP contribution in [0.25, 0.3) is 5.65 Å². The highest BCUT2D eigenvalue weighted by Gasteiger charge is 2.27. The Morgan fingerprint density at radius 3 is 2.82 bits per heavy atom. The maximum absolute atomic E-state index is 5.84. The van der Waals surface area contributed by atoms with Gasteiger partial charge in [0.1, 0.15) is 5.65 Å². The number of ether oxygens (including phenoxy) is 1. The third-order valence-corrected chi connectivity index (χ3v) is 3.48. The fourth-order valence-corrected chi connectivity index (χ4v) is 2.88. The Labute approximate surface area is 101 Å². The molecule has 2 atom stereocenters. The number of aryl methyl sites for hydroxylation is 2. The summed E-state index contributed by atoms with van der Waals surface area (Å²) in [6.45, 7) is 8.47. The van der Waals surface area contributed by atoms with Crippen molar-refractivity contribution in [2.75, 3.05) is 0 Å². The monoisotopic (exact) mass is 230 g/mol. The van der Waals surface area contributed by atoms with E-state index >= 15 is 0 Å². The van der Waals surface area contributed by atoms with E-state index in [1.807, 2.05) is 0 Å². The van der Waals surface area contributed by atoms with Crippen molar-refractivity contribution in [3.8, 4) is 0 Å². The Morgan fingerprint density at radius 2 is 2.06 bits per heavy atom. The molecule has 0 aromatic carbocycles. The van der Waals surface area contributed by atoms with Gasteiger partial charge in [-0.05, 0) is 45.4 Å². The zero-order valence-corrected chi connectivity index (χ0v) is 10.8. The second-order valence-electron chi connectivity index (χ2n) is 5.10. The van der Waals surface area contributed by atoms with Crippen LogP contribution in [0.3, 0.4) is 0 Å². The van der Waals surface area contributed by atoms with Gasteiger partial charge in [-0.15, -0.1) is 0 Å². The fourth-order valence-electron chi connectivity index (χ4n) is 2.88. The summed E-state index contributed by atoms with van der Waals surface area (Å²) in [7, 11) is 0. The van der Waals surface area contributed by atoms with Crippen LogP contribution in [0.15, 0.2) is 12.1 Å². The van der Waals surface area contributed by atoms with Crippen LogP contribution in [0.5, 0.6) is 0 Å². The predicted molar refractivity (Wildman–Crippen MR) is 67.3 cm³/mol. The second kappa shape index (κ2) is 3.57. The first-order valence-corrected chi connectivity index (χ1v) is 6.20. The molecule has 1 aliphatic heterocycles. The molecule has 0 amide bonds. The molecule has 0 N–H and O–H groups in total. The highest BCUT2D eigenvalue weighted by molar-refractivity contribution is 5.48. The number of nitrogens with zero attached hydrogens (tertiary/aromatic N) is 2. The van der Waals surface area contributed by atoms with Crippen LogP contribution in [-0.2, 0) is 11.2 Å². The largest absolute Gasteiger partial charge is 0.369 e. The van der Waals surface area contributed by atoms with E-state index in [1.54, 1.807) is 0 Å². The van der Waals surface area contributed by atoms with Gasteiger partial charge < -0.3 is 9.14 Å². The first kappa shape index (κ1) is 10.8. The van der Waals surface area contributed by atoms with E-state index in [0.29, 0.717) is 0 Å². The molecule has 0 saturated heterocycles. The van der Waals surface area contributed by atoms with Crippen molar-refractivity contribution in [2.24, 2.45) is 0 Å². The maximum atomic E-state index is 5.84. The third-order valence-electron chi connectivity index (χ3n) is 3.48. The van der Waals surface area contributed by atoms with Crippen LogP contribution in [0.1, 0.15) is 42.6 Å². The van der Waals surface area contributed by atoms with Gasteiger partial charge in [-0.3, -0.25) is 0 Å². The summed E-state index contributed by atoms with van der Waals surface area (Å²) in [5.74, 6) is 0. The molecule has 0 fully saturated rings. The van der Waals surface area contributed by atoms with E-state index in [-0.39, 0.29) is 12.2 Å². The highest BCUT2D eigenvalue weighted by Crippen LogP contribution is 2.31. The van der Waals surface area contributed by atoms with Crippen LogP contribution < -0.4 is 0 Å². The summed E-state index contributed by atoms with van der Waals surface area (Å²) >= 11 is 0. The molecular weight excluding hydrogens is 212 g/mol. The van der Waals surface area contributed by atoms with Crippen molar-refractivity contribution in [1.29, 1.82) is 0 Å². The van der Waals surface area contributed by atoms with E-state index in [9.17, 15) is 0 Å². The summed E-state index contributed by atoms with van der Waals surface area (Å²) in [6.07, 6.45) is 1.33. The van der Waals surface area contributed by atoms with Crippen molar-refractivity contribution in [3.63, 3.8) is 0 Å². The van der Waals surface area contributed by atoms with Crippen LogP contribution in [0, 0.1) is 13.8 Å². The minimum absolute atomic E-state index is 0.105. The van der Waals surface area contributed by atoms with Gasteiger partial charge in [-0.1, -0.05) is 0 Å². The molecule has 0 aliphatic carbocycles. The van der Waals surface area contributed by atoms with Gasteiger partial charge >= 0.3 is 0 Å². The number of aromatic nitrogens is 2. The lowest BCUT2D eigenvalue weighted by Gasteiger charge is -2.25. The number of fused-ring (bicyclic) bond motifs is 3. The quantitative estimate of drug-likeness (QED) is 0.695. The number of hydrogen-bond donors (Lipinski definition) is 0. The molecule has 3 nitrogen and oxygen atoms in total. The van der Waals surface area contributed by atoms with Gasteiger partial charge in [0.25, 0.3) is 0 Å². The number of hydrogen-bond acceptors (Lipinski definition) is 2. The minimum atomic E-state index is 0.105. The zero-order valence-electron chi connectivity index (χ0n) is 10.8. The average molecular weight is 230 g/mol. The Kier molecular flexibility index (Phi) is 2.26. The molecule has 2 unspecified atom stereocenters. The molecule has 17 heavy (non-hydrogen) atoms. The Morgan fingerprint density at radius 1 is 1.29 bits per heavy atom. The van der Waals surface area contributed by atoms with Crippen molar-refractivity contribution >= 4 is 5.65 Å². The van der Waals surface area contributed by atoms with Crippen LogP contribution >= 0.6 is 0 Å². The number of pyridine rings is 1. The van der Waals surface area contributed by atoms with Gasteiger partial charge in [0.05, 0.1) is 23.6 Å². The zero-order chi connectivity index (χ0) is 12.2. The molecule has 2 aromatic heterocycles. The molecule has 0 radical (unpaired) electrons. The summed E-state index contributed by atoms with van der Waals surface area (Å²) in [5.41, 5.74) is 6.01. The number of imidazole rings is 1. The molecule has 1 aliphatic rings. The molecule has 0 bridgehead atoms. The second-order valence-corrected chi connectivity index (χ2v) is 5.10. The molecular formula is C14H18N2O. The van der Waals surface area contributed by atoms with Crippen molar-refractivity contribution in [3.05, 3.63) is 34.8 Å². The van der Waals surface area contributed by atoms with Gasteiger partial charge in [0.15, 0.2) is 0 Å². The Hall–Kier alpha value is -1.35. The lowest BCUT2D eigenvalue weighted by molar-refractivity contribution is -0.00786. The third kappa shape index (κ3) is 1.57. The summed E-state index contributed by atoms with van der Waals surface area (Å²) in [5, 5.41) is 0. The molecule has 3 heteroatoms. The number of rotatable bonds is 0. The van der Waals surface area contributed by atoms with Crippen molar-refractivity contribution in [1.82, 2.24) is 9.38 Å². The van der Waals surface area contributed by atoms with E-state index in [0.717, 1.165) is 17.8 Å². The first-order chi connectivity index (χ1) is 8.06. The van der Waals surface area contributed by atoms with E-state index < -0.39 is 0 Å². The first-order valence-electron chi connectivity index (χ1n) is 6.20. The van der Waals surface area contributed by atoms with Crippen LogP contribution in [-0.4, -0.2) is 15.5 Å². The summed E-state index contributed by atoms with van der Waals surface area (Å²) in [4.78, 5) is 4.73. The smallest absolute Gasteiger partial charge is 0.137 e. The molecule has 3 heterocycles. The van der Waals surface area contributed by atoms with Gasteiger partial charge in [-0.2, -0.15) is 0 Å². The predicted octanol–water partition coefficient (Wildman–Crippen LogP) is 2.97. The van der Waals surface area contributed by atoms with E-state index in [1.165, 1.54) is 17.0 Å². The van der Waals surface area contributed by atoms with Crippen LogP contribution in [0.4, 0.5) is 0 Å². The van der Waals surface area contributed by atoms with Gasteiger partial charge in [0.2, 0.25) is 0 Å². The lowest BCUT2D eigenvalue weighted by Crippen LogP contribution is -2.23. The fraction of sp³-hybridized carbons (Fsp3) is 0.500. The van der Waals surface area contributed by atoms with Gasteiger partial charge in [0, 0.05) is 12.1 Å². The lowest BCUT2D eigenvalue weighted by atomic mass is 10.1. The Balaban J connectivity index is 2.32. The standard InChI is InChI=1S/C14H18N2O/c1-8-5-9(2)16-12-7-10(3)17-11(4)14(12)15-13(16)6-8/h5-6,10-11H,7H2,1-4H3. The van der Waals surface area contributed by atoms with E-state index in [2.05, 4.69) is 44.2 Å². The van der Waals surface area contributed by atoms with E-state index in [4.69, 9.17) is 9.72 Å². The van der Waals surface area contributed by atoms with Gasteiger partial charge in [-0.25, -0.2) is 4.98 Å². The Bertz CT molecular complexity index is 585. The summed E-state index contributed by atoms with van der Waals surface area (Å²) in [6, 6.07) is 4.35. The molecule has 0 spiro atoms. The van der Waals surface area contributed by atoms with Crippen LogP contribution in [0.2, 0.25) is 0 Å². The maximum Gasteiger partial charge on any atom is 0.137 e. The molecule has 3 rings (SSSR count). The average Bonchev–Trinajstić information content (AvgIpc) is 2.56. The molecule has 90 valence electrons. The van der Waals surface area contributed by atoms with Crippen molar-refractivity contribution in [2.45, 2.75) is 46.3 Å². The molecule has 0 saturated carbocycles. The highest BCUT2D eigenvalue weighted by atomic mass is 16.5. The summed E-state index contributed by atoms with van der Waals surface area (Å²) < 4.78 is 8.11. The normalized spacial score (nSPS) is 24.0. The topological polar surface area (TPSA) is 26.5 Å². The molecule has 2 aromatic rings.